The van der Waals surface area contributed by atoms with Crippen LogP contribution in [0, 0.1) is 0 Å². The molecule has 1 amide bonds. The van der Waals surface area contributed by atoms with Crippen molar-refractivity contribution in [1.29, 1.82) is 0 Å². The second-order valence-corrected chi connectivity index (χ2v) is 9.28. The number of carbonyl (C=O) groups excluding carboxylic acids is 1. The molecule has 2 aliphatic heterocycles. The molecule has 1 atom stereocenters. The van der Waals surface area contributed by atoms with E-state index >= 15 is 0 Å². The van der Waals surface area contributed by atoms with Crippen LogP contribution in [0.5, 0.6) is 0 Å². The Morgan fingerprint density at radius 3 is 2.69 bits per heavy atom. The molecule has 0 spiro atoms. The van der Waals surface area contributed by atoms with Gasteiger partial charge in [0.2, 0.25) is 0 Å². The number of alkyl carbamates (subject to hydrolysis) is 1. The molecule has 1 N–H and O–H groups in total. The highest BCUT2D eigenvalue weighted by molar-refractivity contribution is 5.90. The predicted molar refractivity (Wildman–Crippen MR) is 114 cm³/mol. The van der Waals surface area contributed by atoms with Crippen molar-refractivity contribution in [3.8, 4) is 0 Å². The van der Waals surface area contributed by atoms with Gasteiger partial charge in [0.15, 0.2) is 0 Å². The Hall–Kier alpha value is -2.50. The fraction of sp³-hybridized carbons (Fsp3) is 0.565. The molecular formula is C23H30N2O4. The molecular weight excluding hydrogens is 368 g/mol. The summed E-state index contributed by atoms with van der Waals surface area (Å²) in [5.41, 5.74) is 4.58. The van der Waals surface area contributed by atoms with E-state index in [4.69, 9.17) is 9.15 Å². The number of hydrogen-bond donors (Lipinski definition) is 1. The Morgan fingerprint density at radius 2 is 1.97 bits per heavy atom. The summed E-state index contributed by atoms with van der Waals surface area (Å²) in [5.74, 6) is 0. The van der Waals surface area contributed by atoms with Crippen molar-refractivity contribution < 1.29 is 13.9 Å². The number of fused-ring (bicyclic) bond motifs is 2. The summed E-state index contributed by atoms with van der Waals surface area (Å²) in [7, 11) is 0. The van der Waals surface area contributed by atoms with Gasteiger partial charge in [0, 0.05) is 41.8 Å². The van der Waals surface area contributed by atoms with Gasteiger partial charge in [0.1, 0.15) is 11.2 Å². The topological polar surface area (TPSA) is 71.8 Å². The highest BCUT2D eigenvalue weighted by atomic mass is 16.6. The first-order valence-electron chi connectivity index (χ1n) is 10.6. The number of rotatable bonds is 3. The van der Waals surface area contributed by atoms with E-state index in [-0.39, 0.29) is 11.7 Å². The van der Waals surface area contributed by atoms with Gasteiger partial charge in [-0.2, -0.15) is 0 Å². The van der Waals surface area contributed by atoms with Gasteiger partial charge in [0.25, 0.3) is 0 Å². The lowest BCUT2D eigenvalue weighted by Gasteiger charge is -2.37. The van der Waals surface area contributed by atoms with E-state index in [1.54, 1.807) is 6.07 Å². The van der Waals surface area contributed by atoms with Crippen LogP contribution in [-0.4, -0.2) is 30.8 Å². The molecule has 1 unspecified atom stereocenters. The number of aryl methyl sites for hydroxylation is 2. The Balaban J connectivity index is 1.68. The normalized spacial score (nSPS) is 17.0. The van der Waals surface area contributed by atoms with Gasteiger partial charge in [-0.3, -0.25) is 0 Å². The third-order valence-corrected chi connectivity index (χ3v) is 5.60. The second-order valence-electron chi connectivity index (χ2n) is 9.28. The van der Waals surface area contributed by atoms with Gasteiger partial charge < -0.3 is 19.4 Å². The standard InChI is InChI=1S/C23H30N2O4/c1-14(24-22(27)29-23(2,3)4)11-16-13-19(26)28-21-17-8-6-10-25-9-5-7-15(20(17)25)12-18(16)21/h12-14H,5-11H2,1-4H3,(H,24,27). The lowest BCUT2D eigenvalue weighted by Crippen LogP contribution is -2.38. The number of ether oxygens (including phenoxy) is 1. The van der Waals surface area contributed by atoms with Crippen LogP contribution < -0.4 is 15.8 Å². The van der Waals surface area contributed by atoms with Crippen LogP contribution >= 0.6 is 0 Å². The maximum atomic E-state index is 12.3. The van der Waals surface area contributed by atoms with E-state index in [2.05, 4.69) is 16.3 Å². The lowest BCUT2D eigenvalue weighted by molar-refractivity contribution is 0.0508. The molecule has 6 heteroatoms. The largest absolute Gasteiger partial charge is 0.444 e. The average molecular weight is 399 g/mol. The minimum absolute atomic E-state index is 0.168. The zero-order valence-electron chi connectivity index (χ0n) is 17.8. The first kappa shape index (κ1) is 19.8. The van der Waals surface area contributed by atoms with Crippen molar-refractivity contribution in [2.45, 2.75) is 71.4 Å². The fourth-order valence-corrected chi connectivity index (χ4v) is 4.59. The number of anilines is 1. The highest BCUT2D eigenvalue weighted by Crippen LogP contribution is 2.40. The smallest absolute Gasteiger partial charge is 0.407 e. The van der Waals surface area contributed by atoms with Crippen molar-refractivity contribution in [1.82, 2.24) is 5.32 Å². The quantitative estimate of drug-likeness (QED) is 0.793. The third-order valence-electron chi connectivity index (χ3n) is 5.60. The number of hydrogen-bond acceptors (Lipinski definition) is 5. The van der Waals surface area contributed by atoms with Gasteiger partial charge in [-0.25, -0.2) is 9.59 Å². The Labute approximate surface area is 171 Å². The van der Waals surface area contributed by atoms with Crippen molar-refractivity contribution in [2.24, 2.45) is 0 Å². The van der Waals surface area contributed by atoms with E-state index in [1.807, 2.05) is 27.7 Å². The van der Waals surface area contributed by atoms with E-state index in [1.165, 1.54) is 16.8 Å². The van der Waals surface area contributed by atoms with Crippen molar-refractivity contribution in [2.75, 3.05) is 18.0 Å². The highest BCUT2D eigenvalue weighted by Gasteiger charge is 2.28. The van der Waals surface area contributed by atoms with Crippen LogP contribution in [0.4, 0.5) is 10.5 Å². The summed E-state index contributed by atoms with van der Waals surface area (Å²) >= 11 is 0. The molecule has 29 heavy (non-hydrogen) atoms. The molecule has 3 heterocycles. The Bertz CT molecular complexity index is 1000. The molecule has 156 valence electrons. The molecule has 0 saturated carbocycles. The molecule has 1 aromatic carbocycles. The van der Waals surface area contributed by atoms with Crippen LogP contribution in [0.3, 0.4) is 0 Å². The molecule has 1 aromatic heterocycles. The first-order chi connectivity index (χ1) is 13.7. The number of carbonyl (C=O) groups is 1. The minimum atomic E-state index is -0.544. The number of nitrogens with zero attached hydrogens (tertiary/aromatic N) is 1. The average Bonchev–Trinajstić information content (AvgIpc) is 2.61. The summed E-state index contributed by atoms with van der Waals surface area (Å²) in [4.78, 5) is 26.9. The molecule has 0 fully saturated rings. The van der Waals surface area contributed by atoms with Gasteiger partial charge in [0.05, 0.1) is 0 Å². The summed E-state index contributed by atoms with van der Waals surface area (Å²) in [6.07, 6.45) is 4.33. The zero-order valence-corrected chi connectivity index (χ0v) is 17.8. The summed E-state index contributed by atoms with van der Waals surface area (Å²) < 4.78 is 11.1. The lowest BCUT2D eigenvalue weighted by atomic mass is 9.88. The monoisotopic (exact) mass is 398 g/mol. The maximum Gasteiger partial charge on any atom is 0.407 e. The van der Waals surface area contributed by atoms with Crippen LogP contribution in [0.25, 0.3) is 11.0 Å². The molecule has 2 aliphatic rings. The summed E-state index contributed by atoms with van der Waals surface area (Å²) in [5, 5.41) is 3.88. The Morgan fingerprint density at radius 1 is 1.24 bits per heavy atom. The number of amides is 1. The van der Waals surface area contributed by atoms with Gasteiger partial charge in [-0.1, -0.05) is 0 Å². The SMILES string of the molecule is CC(Cc1cc(=O)oc2c3c4c(cc12)CCCN4CCC3)NC(=O)OC(C)(C)C. The van der Waals surface area contributed by atoms with Crippen LogP contribution in [0.1, 0.15) is 57.2 Å². The van der Waals surface area contributed by atoms with E-state index in [0.717, 1.165) is 55.3 Å². The molecule has 0 saturated heterocycles. The fourth-order valence-electron chi connectivity index (χ4n) is 4.59. The molecule has 0 aliphatic carbocycles. The molecule has 2 aromatic rings. The van der Waals surface area contributed by atoms with Gasteiger partial charge in [-0.15, -0.1) is 0 Å². The van der Waals surface area contributed by atoms with Gasteiger partial charge in [-0.05, 0) is 77.0 Å². The van der Waals surface area contributed by atoms with Crippen molar-refractivity contribution in [3.63, 3.8) is 0 Å². The summed E-state index contributed by atoms with van der Waals surface area (Å²) in [6, 6.07) is 3.60. The molecule has 6 nitrogen and oxygen atoms in total. The van der Waals surface area contributed by atoms with Crippen LogP contribution in [-0.2, 0) is 24.0 Å². The molecule has 0 bridgehead atoms. The van der Waals surface area contributed by atoms with E-state index in [0.29, 0.717) is 6.42 Å². The van der Waals surface area contributed by atoms with Gasteiger partial charge >= 0.3 is 11.7 Å². The summed E-state index contributed by atoms with van der Waals surface area (Å²) in [6.45, 7) is 9.59. The predicted octanol–water partition coefficient (Wildman–Crippen LogP) is 3.95. The van der Waals surface area contributed by atoms with E-state index in [9.17, 15) is 9.59 Å². The van der Waals surface area contributed by atoms with Crippen LogP contribution in [0.2, 0.25) is 0 Å². The van der Waals surface area contributed by atoms with Crippen molar-refractivity contribution in [3.05, 3.63) is 39.2 Å². The van der Waals surface area contributed by atoms with E-state index < -0.39 is 11.7 Å². The second kappa shape index (κ2) is 7.39. The number of benzene rings is 1. The van der Waals surface area contributed by atoms with Crippen LogP contribution in [0.15, 0.2) is 21.3 Å². The molecule has 0 radical (unpaired) electrons. The maximum absolute atomic E-state index is 12.3. The molecule has 4 rings (SSSR count). The minimum Gasteiger partial charge on any atom is -0.444 e. The third kappa shape index (κ3) is 4.11. The van der Waals surface area contributed by atoms with Crippen molar-refractivity contribution >= 4 is 22.7 Å². The number of nitrogens with one attached hydrogen (secondary N) is 1. The first-order valence-corrected chi connectivity index (χ1v) is 10.6. The Kier molecular flexibility index (Phi) is 5.05. The zero-order chi connectivity index (χ0) is 20.8.